The topological polar surface area (TPSA) is 52.6 Å². The minimum Gasteiger partial charge on any atom is -0.353 e. The van der Waals surface area contributed by atoms with Crippen molar-refractivity contribution >= 4 is 33.3 Å². The van der Waals surface area contributed by atoms with Crippen LogP contribution in [0.4, 0.5) is 5.82 Å². The van der Waals surface area contributed by atoms with Crippen LogP contribution >= 0.6 is 11.3 Å². The Bertz CT molecular complexity index is 810. The zero-order valence-electron chi connectivity index (χ0n) is 15.9. The lowest BCUT2D eigenvalue weighted by Gasteiger charge is -2.35. The number of aromatic nitrogens is 2. The van der Waals surface area contributed by atoms with E-state index in [1.807, 2.05) is 25.4 Å². The van der Waals surface area contributed by atoms with Crippen LogP contribution in [0.1, 0.15) is 23.8 Å². The first-order valence-electron chi connectivity index (χ1n) is 9.45. The molecule has 6 nitrogen and oxygen atoms in total. The summed E-state index contributed by atoms with van der Waals surface area (Å²) in [6, 6.07) is 0. The highest BCUT2D eigenvalue weighted by Gasteiger charge is 2.27. The third-order valence-corrected chi connectivity index (χ3v) is 6.76. The molecule has 2 aromatic rings. The number of aryl methyl sites for hydroxylation is 1. The largest absolute Gasteiger partial charge is 0.353 e. The number of piperazine rings is 1. The van der Waals surface area contributed by atoms with Gasteiger partial charge in [0.25, 0.3) is 0 Å². The molecule has 2 aromatic heterocycles. The molecule has 140 valence electrons. The highest BCUT2D eigenvalue weighted by atomic mass is 32.1. The van der Waals surface area contributed by atoms with Crippen LogP contribution in [0, 0.1) is 5.92 Å². The van der Waals surface area contributed by atoms with Gasteiger partial charge in [0.1, 0.15) is 17.0 Å². The summed E-state index contributed by atoms with van der Waals surface area (Å²) in [6.07, 6.45) is 5.29. The number of anilines is 1. The third-order valence-electron chi connectivity index (χ3n) is 5.60. The van der Waals surface area contributed by atoms with Gasteiger partial charge in [-0.1, -0.05) is 6.92 Å². The van der Waals surface area contributed by atoms with Gasteiger partial charge in [0.05, 0.1) is 11.9 Å². The molecule has 0 bridgehead atoms. The molecule has 0 aromatic carbocycles. The molecule has 1 fully saturated rings. The maximum Gasteiger partial charge on any atom is 0.236 e. The molecule has 7 heteroatoms. The molecule has 0 radical (unpaired) electrons. The van der Waals surface area contributed by atoms with Crippen LogP contribution in [0.2, 0.25) is 0 Å². The molecule has 1 aliphatic heterocycles. The Labute approximate surface area is 158 Å². The number of thiophene rings is 1. The second-order valence-corrected chi connectivity index (χ2v) is 8.86. The molecule has 1 aliphatic carbocycles. The van der Waals surface area contributed by atoms with Crippen LogP contribution in [-0.2, 0) is 17.6 Å². The van der Waals surface area contributed by atoms with Crippen molar-refractivity contribution in [2.75, 3.05) is 51.7 Å². The molecule has 2 aliphatic rings. The van der Waals surface area contributed by atoms with E-state index in [0.29, 0.717) is 6.54 Å². The van der Waals surface area contributed by atoms with Gasteiger partial charge >= 0.3 is 0 Å². The van der Waals surface area contributed by atoms with Crippen molar-refractivity contribution in [2.24, 2.45) is 5.92 Å². The van der Waals surface area contributed by atoms with E-state index in [-0.39, 0.29) is 5.91 Å². The number of nitrogens with zero attached hydrogens (tertiary/aromatic N) is 5. The highest BCUT2D eigenvalue weighted by molar-refractivity contribution is 7.19. The normalized spacial score (nSPS) is 21.0. The van der Waals surface area contributed by atoms with Crippen molar-refractivity contribution in [3.63, 3.8) is 0 Å². The van der Waals surface area contributed by atoms with Gasteiger partial charge in [-0.3, -0.25) is 9.69 Å². The molecule has 3 heterocycles. The van der Waals surface area contributed by atoms with Gasteiger partial charge in [-0.2, -0.15) is 0 Å². The zero-order valence-corrected chi connectivity index (χ0v) is 16.7. The zero-order chi connectivity index (χ0) is 18.3. The molecule has 0 unspecified atom stereocenters. The fourth-order valence-corrected chi connectivity index (χ4v) is 5.29. The predicted octanol–water partition coefficient (Wildman–Crippen LogP) is 2.03. The Morgan fingerprint density at radius 3 is 2.77 bits per heavy atom. The first kappa shape index (κ1) is 17.7. The van der Waals surface area contributed by atoms with Crippen molar-refractivity contribution < 1.29 is 4.79 Å². The molecule has 1 atom stereocenters. The molecule has 4 rings (SSSR count). The number of rotatable bonds is 3. The van der Waals surface area contributed by atoms with E-state index in [2.05, 4.69) is 26.7 Å². The molecule has 0 saturated carbocycles. The predicted molar refractivity (Wildman–Crippen MR) is 106 cm³/mol. The van der Waals surface area contributed by atoms with E-state index in [1.165, 1.54) is 28.7 Å². The summed E-state index contributed by atoms with van der Waals surface area (Å²) < 4.78 is 0. The minimum atomic E-state index is 0.170. The summed E-state index contributed by atoms with van der Waals surface area (Å²) in [4.78, 5) is 30.1. The molecule has 26 heavy (non-hydrogen) atoms. The second-order valence-electron chi connectivity index (χ2n) is 7.78. The van der Waals surface area contributed by atoms with Crippen molar-refractivity contribution in [1.29, 1.82) is 0 Å². The van der Waals surface area contributed by atoms with E-state index in [0.717, 1.165) is 49.2 Å². The van der Waals surface area contributed by atoms with Crippen molar-refractivity contribution in [1.82, 2.24) is 19.8 Å². The molecule has 1 saturated heterocycles. The van der Waals surface area contributed by atoms with Crippen LogP contribution in [0.25, 0.3) is 10.2 Å². The standard InChI is InChI=1S/C19H27N5OS/c1-13-4-5-14-15(10-13)26-19-17(14)18(20-12-21-19)24-8-6-23(7-9-24)11-16(25)22(2)3/h12-13H,4-11H2,1-3H3/t13-/m0/s1. The summed E-state index contributed by atoms with van der Waals surface area (Å²) in [7, 11) is 3.63. The summed E-state index contributed by atoms with van der Waals surface area (Å²) in [6.45, 7) is 6.46. The van der Waals surface area contributed by atoms with E-state index >= 15 is 0 Å². The number of likely N-dealkylation sites (N-methyl/N-ethyl adjacent to an activating group) is 1. The van der Waals surface area contributed by atoms with Gasteiger partial charge in [0.2, 0.25) is 5.91 Å². The van der Waals surface area contributed by atoms with Gasteiger partial charge in [0, 0.05) is 45.2 Å². The molecule has 1 amide bonds. The van der Waals surface area contributed by atoms with Gasteiger partial charge in [-0.25, -0.2) is 9.97 Å². The average Bonchev–Trinajstić information content (AvgIpc) is 2.99. The lowest BCUT2D eigenvalue weighted by molar-refractivity contribution is -0.129. The highest BCUT2D eigenvalue weighted by Crippen LogP contribution is 2.40. The Balaban J connectivity index is 1.54. The average molecular weight is 374 g/mol. The Kier molecular flexibility index (Phi) is 4.84. The summed E-state index contributed by atoms with van der Waals surface area (Å²) in [5, 5.41) is 1.29. The fraction of sp³-hybridized carbons (Fsp3) is 0.632. The van der Waals surface area contributed by atoms with Crippen LogP contribution < -0.4 is 4.90 Å². The molecule has 0 N–H and O–H groups in total. The lowest BCUT2D eigenvalue weighted by Crippen LogP contribution is -2.49. The number of carbonyl (C=O) groups is 1. The van der Waals surface area contributed by atoms with Crippen LogP contribution in [-0.4, -0.2) is 72.5 Å². The maximum absolute atomic E-state index is 11.9. The van der Waals surface area contributed by atoms with Crippen LogP contribution in [0.15, 0.2) is 6.33 Å². The minimum absolute atomic E-state index is 0.170. The summed E-state index contributed by atoms with van der Waals surface area (Å²) >= 11 is 1.86. The van der Waals surface area contributed by atoms with Crippen molar-refractivity contribution in [2.45, 2.75) is 26.2 Å². The van der Waals surface area contributed by atoms with Crippen molar-refractivity contribution in [3.05, 3.63) is 16.8 Å². The van der Waals surface area contributed by atoms with Gasteiger partial charge in [-0.15, -0.1) is 11.3 Å². The SMILES string of the molecule is C[C@H]1CCc2c(sc3ncnc(N4CCN(CC(=O)N(C)C)CC4)c23)C1. The smallest absolute Gasteiger partial charge is 0.236 e. The quantitative estimate of drug-likeness (QED) is 0.824. The first-order valence-corrected chi connectivity index (χ1v) is 10.3. The monoisotopic (exact) mass is 373 g/mol. The fourth-order valence-electron chi connectivity index (χ4n) is 3.95. The van der Waals surface area contributed by atoms with E-state index < -0.39 is 0 Å². The second kappa shape index (κ2) is 7.12. The first-order chi connectivity index (χ1) is 12.5. The molecular formula is C19H27N5OS. The molecule has 0 spiro atoms. The van der Waals surface area contributed by atoms with Gasteiger partial charge < -0.3 is 9.80 Å². The van der Waals surface area contributed by atoms with Crippen molar-refractivity contribution in [3.8, 4) is 0 Å². The summed E-state index contributed by atoms with van der Waals surface area (Å²) in [5.74, 6) is 2.04. The Morgan fingerprint density at radius 1 is 1.27 bits per heavy atom. The van der Waals surface area contributed by atoms with E-state index in [1.54, 1.807) is 11.2 Å². The maximum atomic E-state index is 11.9. The van der Waals surface area contributed by atoms with Gasteiger partial charge in [0.15, 0.2) is 0 Å². The lowest BCUT2D eigenvalue weighted by atomic mass is 9.89. The number of hydrogen-bond acceptors (Lipinski definition) is 6. The van der Waals surface area contributed by atoms with Crippen LogP contribution in [0.3, 0.4) is 0 Å². The van der Waals surface area contributed by atoms with Gasteiger partial charge in [-0.05, 0) is 30.7 Å². The van der Waals surface area contributed by atoms with Crippen LogP contribution in [0.5, 0.6) is 0 Å². The van der Waals surface area contributed by atoms with E-state index in [9.17, 15) is 4.79 Å². The Morgan fingerprint density at radius 2 is 2.04 bits per heavy atom. The number of carbonyl (C=O) groups excluding carboxylic acids is 1. The Hall–Kier alpha value is -1.73. The number of hydrogen-bond donors (Lipinski definition) is 0. The third kappa shape index (κ3) is 3.30. The molecular weight excluding hydrogens is 346 g/mol. The number of fused-ring (bicyclic) bond motifs is 3. The number of amides is 1. The van der Waals surface area contributed by atoms with E-state index in [4.69, 9.17) is 0 Å². The summed E-state index contributed by atoms with van der Waals surface area (Å²) in [5.41, 5.74) is 1.49.